The van der Waals surface area contributed by atoms with E-state index in [9.17, 15) is 4.79 Å². The van der Waals surface area contributed by atoms with Crippen LogP contribution in [0.4, 0.5) is 5.82 Å². The Morgan fingerprint density at radius 3 is 2.52 bits per heavy atom. The summed E-state index contributed by atoms with van der Waals surface area (Å²) in [7, 11) is 0. The van der Waals surface area contributed by atoms with Gasteiger partial charge in [-0.3, -0.25) is 4.79 Å². The smallest absolute Gasteiger partial charge is 0.277 e. The van der Waals surface area contributed by atoms with Crippen LogP contribution in [0, 0.1) is 6.92 Å². The van der Waals surface area contributed by atoms with Crippen molar-refractivity contribution in [1.82, 2.24) is 4.98 Å². The van der Waals surface area contributed by atoms with Crippen LogP contribution in [0.25, 0.3) is 10.9 Å². The van der Waals surface area contributed by atoms with Crippen LogP contribution in [-0.2, 0) is 4.79 Å². The Morgan fingerprint density at radius 2 is 1.89 bits per heavy atom. The number of hydrogen-bond acceptors (Lipinski definition) is 3. The SMILES string of the molecule is C=C/C(=N\C(C(=O)Nc1cc2ccccc2[nH]1)=C(/C)N)c1ccc(C)cc1. The quantitative estimate of drug-likeness (QED) is 0.470. The number of fused-ring (bicyclic) bond motifs is 1. The normalized spacial score (nSPS) is 12.6. The minimum atomic E-state index is -0.381. The third kappa shape index (κ3) is 4.15. The minimum Gasteiger partial charge on any atom is -0.400 e. The van der Waals surface area contributed by atoms with E-state index < -0.39 is 0 Å². The van der Waals surface area contributed by atoms with Crippen molar-refractivity contribution in [1.29, 1.82) is 0 Å². The molecule has 0 aliphatic carbocycles. The zero-order valence-corrected chi connectivity index (χ0v) is 15.4. The number of carbonyl (C=O) groups excluding carboxylic acids is 1. The van der Waals surface area contributed by atoms with E-state index in [-0.39, 0.29) is 11.6 Å². The highest BCUT2D eigenvalue weighted by molar-refractivity contribution is 6.13. The Hall–Kier alpha value is -3.60. The third-order valence-electron chi connectivity index (χ3n) is 4.14. The Bertz CT molecular complexity index is 1020. The average molecular weight is 358 g/mol. The molecule has 0 spiro atoms. The van der Waals surface area contributed by atoms with E-state index in [1.54, 1.807) is 13.0 Å². The lowest BCUT2D eigenvalue weighted by atomic mass is 10.1. The van der Waals surface area contributed by atoms with Crippen LogP contribution in [0.15, 0.2) is 83.6 Å². The molecule has 0 saturated heterocycles. The second kappa shape index (κ2) is 7.74. The van der Waals surface area contributed by atoms with Crippen LogP contribution in [0.3, 0.4) is 0 Å². The molecule has 3 rings (SSSR count). The van der Waals surface area contributed by atoms with Gasteiger partial charge in [0.15, 0.2) is 0 Å². The lowest BCUT2D eigenvalue weighted by Gasteiger charge is -2.08. The van der Waals surface area contributed by atoms with Gasteiger partial charge in [-0.1, -0.05) is 54.6 Å². The maximum Gasteiger partial charge on any atom is 0.277 e. The number of para-hydroxylation sites is 1. The number of carbonyl (C=O) groups is 1. The first kappa shape index (κ1) is 18.2. The van der Waals surface area contributed by atoms with Crippen LogP contribution < -0.4 is 11.1 Å². The fourth-order valence-electron chi connectivity index (χ4n) is 2.71. The van der Waals surface area contributed by atoms with Gasteiger partial charge < -0.3 is 16.0 Å². The highest BCUT2D eigenvalue weighted by Gasteiger charge is 2.14. The van der Waals surface area contributed by atoms with Crippen molar-refractivity contribution >= 4 is 28.3 Å². The van der Waals surface area contributed by atoms with E-state index >= 15 is 0 Å². The van der Waals surface area contributed by atoms with E-state index in [1.807, 2.05) is 61.5 Å². The number of rotatable bonds is 5. The first-order valence-electron chi connectivity index (χ1n) is 8.61. The molecular weight excluding hydrogens is 336 g/mol. The number of nitrogens with two attached hydrogens (primary N) is 1. The number of benzene rings is 2. The molecule has 1 amide bonds. The lowest BCUT2D eigenvalue weighted by molar-refractivity contribution is -0.112. The topological polar surface area (TPSA) is 83.3 Å². The number of aromatic amines is 1. The van der Waals surface area contributed by atoms with E-state index in [4.69, 9.17) is 5.73 Å². The van der Waals surface area contributed by atoms with E-state index in [0.717, 1.165) is 22.0 Å². The maximum atomic E-state index is 12.8. The Kier molecular flexibility index (Phi) is 5.22. The number of aryl methyl sites for hydroxylation is 1. The summed E-state index contributed by atoms with van der Waals surface area (Å²) in [4.78, 5) is 20.4. The molecule has 136 valence electrons. The van der Waals surface area contributed by atoms with Crippen molar-refractivity contribution in [3.05, 3.63) is 89.8 Å². The number of anilines is 1. The minimum absolute atomic E-state index is 0.157. The molecule has 3 aromatic rings. The summed E-state index contributed by atoms with van der Waals surface area (Å²) in [5.74, 6) is 0.207. The number of allylic oxidation sites excluding steroid dienone is 2. The van der Waals surface area contributed by atoms with Gasteiger partial charge in [-0.2, -0.15) is 0 Å². The molecule has 2 aromatic carbocycles. The number of aromatic nitrogens is 1. The standard InChI is InChI=1S/C22H22N4O/c1-4-18(16-11-9-14(2)10-12-16)25-21(15(3)23)22(27)26-20-13-17-7-5-6-8-19(17)24-20/h4-13,24H,1,23H2,2-3H3,(H,26,27)/b21-15+,25-18+. The number of nitrogens with zero attached hydrogens (tertiary/aromatic N) is 1. The monoisotopic (exact) mass is 358 g/mol. The molecule has 0 aliphatic rings. The molecule has 0 fully saturated rings. The van der Waals surface area contributed by atoms with Gasteiger partial charge in [0, 0.05) is 22.2 Å². The fourth-order valence-corrected chi connectivity index (χ4v) is 2.71. The molecule has 0 radical (unpaired) electrons. The summed E-state index contributed by atoms with van der Waals surface area (Å²) >= 11 is 0. The molecule has 5 nitrogen and oxygen atoms in total. The molecule has 0 saturated carbocycles. The van der Waals surface area contributed by atoms with Gasteiger partial charge in [0.2, 0.25) is 0 Å². The molecule has 4 N–H and O–H groups in total. The third-order valence-corrected chi connectivity index (χ3v) is 4.14. The average Bonchev–Trinajstić information content (AvgIpc) is 3.05. The Balaban J connectivity index is 1.90. The van der Waals surface area contributed by atoms with Gasteiger partial charge in [0.05, 0.1) is 5.71 Å². The summed E-state index contributed by atoms with van der Waals surface area (Å²) in [6.07, 6.45) is 1.61. The summed E-state index contributed by atoms with van der Waals surface area (Å²) in [6, 6.07) is 17.5. The number of amides is 1. The van der Waals surface area contributed by atoms with Gasteiger partial charge >= 0.3 is 0 Å². The zero-order valence-electron chi connectivity index (χ0n) is 15.4. The van der Waals surface area contributed by atoms with Crippen molar-refractivity contribution in [2.75, 3.05) is 5.32 Å². The second-order valence-electron chi connectivity index (χ2n) is 6.32. The number of H-pyrrole nitrogens is 1. The molecule has 5 heteroatoms. The summed E-state index contributed by atoms with van der Waals surface area (Å²) in [6.45, 7) is 7.48. The largest absolute Gasteiger partial charge is 0.400 e. The Labute approximate surface area is 158 Å². The molecule has 0 aliphatic heterocycles. The summed E-state index contributed by atoms with van der Waals surface area (Å²) in [5.41, 5.74) is 9.96. The predicted octanol–water partition coefficient (Wildman–Crippen LogP) is 4.28. The van der Waals surface area contributed by atoms with Crippen LogP contribution in [0.5, 0.6) is 0 Å². The molecular formula is C22H22N4O. The number of hydrogen-bond donors (Lipinski definition) is 3. The van der Waals surface area contributed by atoms with Crippen LogP contribution >= 0.6 is 0 Å². The maximum absolute atomic E-state index is 12.8. The summed E-state index contributed by atoms with van der Waals surface area (Å²) in [5, 5.41) is 3.84. The van der Waals surface area contributed by atoms with Gasteiger partial charge in [-0.05, 0) is 32.1 Å². The molecule has 1 aromatic heterocycles. The molecule has 0 unspecified atom stereocenters. The molecule has 1 heterocycles. The van der Waals surface area contributed by atoms with Crippen molar-refractivity contribution in [2.24, 2.45) is 10.7 Å². The van der Waals surface area contributed by atoms with Crippen LogP contribution in [0.2, 0.25) is 0 Å². The summed E-state index contributed by atoms with van der Waals surface area (Å²) < 4.78 is 0. The van der Waals surface area contributed by atoms with Crippen molar-refractivity contribution in [3.63, 3.8) is 0 Å². The van der Waals surface area contributed by atoms with Gasteiger partial charge in [0.1, 0.15) is 11.5 Å². The molecule has 0 bridgehead atoms. The van der Waals surface area contributed by atoms with Crippen molar-refractivity contribution < 1.29 is 4.79 Å². The first-order valence-corrected chi connectivity index (χ1v) is 8.61. The highest BCUT2D eigenvalue weighted by atomic mass is 16.2. The van der Waals surface area contributed by atoms with Crippen molar-refractivity contribution in [3.8, 4) is 0 Å². The predicted molar refractivity (Wildman–Crippen MR) is 112 cm³/mol. The Morgan fingerprint density at radius 1 is 1.19 bits per heavy atom. The fraction of sp³-hybridized carbons (Fsp3) is 0.0909. The van der Waals surface area contributed by atoms with E-state index in [2.05, 4.69) is 21.9 Å². The van der Waals surface area contributed by atoms with Crippen LogP contribution in [0.1, 0.15) is 18.1 Å². The number of nitrogens with one attached hydrogen (secondary N) is 2. The highest BCUT2D eigenvalue weighted by Crippen LogP contribution is 2.19. The number of aliphatic imine (C=N–C) groups is 1. The zero-order chi connectivity index (χ0) is 19.4. The molecule has 27 heavy (non-hydrogen) atoms. The van der Waals surface area contributed by atoms with Gasteiger partial charge in [-0.15, -0.1) is 0 Å². The van der Waals surface area contributed by atoms with Gasteiger partial charge in [-0.25, -0.2) is 4.99 Å². The van der Waals surface area contributed by atoms with Crippen molar-refractivity contribution in [2.45, 2.75) is 13.8 Å². The van der Waals surface area contributed by atoms with E-state index in [0.29, 0.717) is 17.2 Å². The van der Waals surface area contributed by atoms with E-state index in [1.165, 1.54) is 0 Å². The lowest BCUT2D eigenvalue weighted by Crippen LogP contribution is -2.18. The van der Waals surface area contributed by atoms with Gasteiger partial charge in [0.25, 0.3) is 5.91 Å². The molecule has 0 atom stereocenters. The first-order chi connectivity index (χ1) is 13.0. The van der Waals surface area contributed by atoms with Crippen LogP contribution in [-0.4, -0.2) is 16.6 Å². The second-order valence-corrected chi connectivity index (χ2v) is 6.32.